The van der Waals surface area contributed by atoms with Gasteiger partial charge in [0.1, 0.15) is 5.78 Å². The summed E-state index contributed by atoms with van der Waals surface area (Å²) >= 11 is 0. The minimum absolute atomic E-state index is 0. The molecule has 74 valence electrons. The van der Waals surface area contributed by atoms with Crippen LogP contribution in [0.1, 0.15) is 41.5 Å². The second-order valence-electron chi connectivity index (χ2n) is 4.56. The molecule has 1 N–H and O–H groups in total. The fourth-order valence-electron chi connectivity index (χ4n) is 1.03. The molecule has 0 saturated carbocycles. The van der Waals surface area contributed by atoms with Crippen molar-refractivity contribution in [3.8, 4) is 0 Å². The van der Waals surface area contributed by atoms with Crippen molar-refractivity contribution in [2.75, 3.05) is 0 Å². The molecule has 0 unspecified atom stereocenters. The maximum Gasteiger partial charge on any atom is 0.149 e. The van der Waals surface area contributed by atoms with Gasteiger partial charge < -0.3 is 5.32 Å². The zero-order chi connectivity index (χ0) is 9.28. The zero-order valence-electron chi connectivity index (χ0n) is 8.82. The summed E-state index contributed by atoms with van der Waals surface area (Å²) < 4.78 is 0. The van der Waals surface area contributed by atoms with Gasteiger partial charge in [0.25, 0.3) is 0 Å². The Morgan fingerprint density at radius 2 is 1.42 bits per heavy atom. The second-order valence-corrected chi connectivity index (χ2v) is 4.56. The molecule has 3 heteroatoms. The summed E-state index contributed by atoms with van der Waals surface area (Å²) in [6.07, 6.45) is 0. The van der Waals surface area contributed by atoms with E-state index in [-0.39, 0.29) is 23.7 Å². The van der Waals surface area contributed by atoms with Gasteiger partial charge in [-0.3, -0.25) is 4.79 Å². The second kappa shape index (κ2) is 4.24. The van der Waals surface area contributed by atoms with E-state index in [0.29, 0.717) is 0 Å². The predicted octanol–water partition coefficient (Wildman–Crippen LogP) is 2.16. The minimum Gasteiger partial charge on any atom is -0.301 e. The highest BCUT2D eigenvalue weighted by atomic mass is 35.5. The van der Waals surface area contributed by atoms with Gasteiger partial charge in [-0.2, -0.15) is 0 Å². The van der Waals surface area contributed by atoms with Gasteiger partial charge in [-0.05, 0) is 41.5 Å². The van der Waals surface area contributed by atoms with Gasteiger partial charge in [0, 0.05) is 5.54 Å². The quantitative estimate of drug-likeness (QED) is 0.729. The first-order valence-corrected chi connectivity index (χ1v) is 3.95. The SMILES string of the molecule is CC(=O)C(C)(C)NC(C)(C)C.Cl. The van der Waals surface area contributed by atoms with E-state index in [0.717, 1.165) is 0 Å². The lowest BCUT2D eigenvalue weighted by molar-refractivity contribution is -0.122. The van der Waals surface area contributed by atoms with E-state index in [1.807, 2.05) is 13.8 Å². The van der Waals surface area contributed by atoms with Gasteiger partial charge in [0.15, 0.2) is 0 Å². The normalized spacial score (nSPS) is 12.2. The summed E-state index contributed by atoms with van der Waals surface area (Å²) in [6, 6.07) is 0. The number of halogens is 1. The summed E-state index contributed by atoms with van der Waals surface area (Å²) in [5, 5.41) is 3.25. The fourth-order valence-corrected chi connectivity index (χ4v) is 1.03. The van der Waals surface area contributed by atoms with Crippen molar-refractivity contribution < 1.29 is 4.79 Å². The third-order valence-corrected chi connectivity index (χ3v) is 1.57. The summed E-state index contributed by atoms with van der Waals surface area (Å²) in [5.41, 5.74) is -0.409. The van der Waals surface area contributed by atoms with Crippen LogP contribution in [0, 0.1) is 0 Å². The maximum atomic E-state index is 11.1. The molecule has 0 aromatic carbocycles. The molecule has 0 aromatic rings. The number of nitrogens with one attached hydrogen (secondary N) is 1. The molecule has 0 bridgehead atoms. The van der Waals surface area contributed by atoms with Crippen LogP contribution >= 0.6 is 12.4 Å². The van der Waals surface area contributed by atoms with Gasteiger partial charge in [-0.1, -0.05) is 0 Å². The van der Waals surface area contributed by atoms with E-state index >= 15 is 0 Å². The molecule has 12 heavy (non-hydrogen) atoms. The van der Waals surface area contributed by atoms with Crippen molar-refractivity contribution >= 4 is 18.2 Å². The van der Waals surface area contributed by atoms with Crippen LogP contribution in [-0.2, 0) is 4.79 Å². The minimum atomic E-state index is -0.405. The van der Waals surface area contributed by atoms with Crippen LogP contribution in [0.5, 0.6) is 0 Å². The lowest BCUT2D eigenvalue weighted by Crippen LogP contribution is -2.54. The van der Waals surface area contributed by atoms with Crippen LogP contribution in [0.3, 0.4) is 0 Å². The highest BCUT2D eigenvalue weighted by molar-refractivity contribution is 5.85. The van der Waals surface area contributed by atoms with Crippen LogP contribution in [0.4, 0.5) is 0 Å². The van der Waals surface area contributed by atoms with Gasteiger partial charge in [-0.25, -0.2) is 0 Å². The standard InChI is InChI=1S/C9H19NO.ClH/c1-7(11)9(5,6)10-8(2,3)4;/h10H,1-6H3;1H. The van der Waals surface area contributed by atoms with Crippen LogP contribution in [-0.4, -0.2) is 16.9 Å². The molecule has 0 aliphatic heterocycles. The Bertz CT molecular complexity index is 158. The van der Waals surface area contributed by atoms with E-state index in [2.05, 4.69) is 26.1 Å². The van der Waals surface area contributed by atoms with Crippen molar-refractivity contribution in [3.05, 3.63) is 0 Å². The van der Waals surface area contributed by atoms with Gasteiger partial charge in [0.2, 0.25) is 0 Å². The Morgan fingerprint density at radius 1 is 1.08 bits per heavy atom. The number of Topliss-reactive ketones (excluding diaryl/α,β-unsaturated/α-hetero) is 1. The Labute approximate surface area is 81.5 Å². The maximum absolute atomic E-state index is 11.1. The molecule has 0 aromatic heterocycles. The van der Waals surface area contributed by atoms with Crippen LogP contribution < -0.4 is 5.32 Å². The van der Waals surface area contributed by atoms with E-state index in [1.54, 1.807) is 6.92 Å². The predicted molar refractivity (Wildman–Crippen MR) is 54.9 cm³/mol. The van der Waals surface area contributed by atoms with Crippen molar-refractivity contribution in [1.29, 1.82) is 0 Å². The summed E-state index contributed by atoms with van der Waals surface area (Å²) in [4.78, 5) is 11.1. The van der Waals surface area contributed by atoms with Crippen molar-refractivity contribution in [2.45, 2.75) is 52.6 Å². The molecule has 0 fully saturated rings. The Hall–Kier alpha value is -0.0800. The number of carbonyl (C=O) groups is 1. The van der Waals surface area contributed by atoms with E-state index in [9.17, 15) is 4.79 Å². The first kappa shape index (κ1) is 14.4. The highest BCUT2D eigenvalue weighted by Crippen LogP contribution is 2.10. The topological polar surface area (TPSA) is 29.1 Å². The lowest BCUT2D eigenvalue weighted by atomic mass is 9.95. The average molecular weight is 194 g/mol. The zero-order valence-corrected chi connectivity index (χ0v) is 9.63. The molecule has 0 radical (unpaired) electrons. The van der Waals surface area contributed by atoms with Crippen LogP contribution in [0.2, 0.25) is 0 Å². The number of hydrogen-bond acceptors (Lipinski definition) is 2. The Kier molecular flexibility index (Phi) is 5.10. The largest absolute Gasteiger partial charge is 0.301 e. The number of rotatable bonds is 2. The molecular weight excluding hydrogens is 174 g/mol. The van der Waals surface area contributed by atoms with E-state index in [4.69, 9.17) is 0 Å². The van der Waals surface area contributed by atoms with E-state index in [1.165, 1.54) is 0 Å². The molecule has 0 atom stereocenters. The van der Waals surface area contributed by atoms with E-state index < -0.39 is 5.54 Å². The number of carbonyl (C=O) groups excluding carboxylic acids is 1. The average Bonchev–Trinajstić information content (AvgIpc) is 1.56. The third kappa shape index (κ3) is 5.56. The molecule has 0 saturated heterocycles. The van der Waals surface area contributed by atoms with Crippen molar-refractivity contribution in [1.82, 2.24) is 5.32 Å². The fraction of sp³-hybridized carbons (Fsp3) is 0.889. The molecule has 0 spiro atoms. The molecule has 0 rings (SSSR count). The van der Waals surface area contributed by atoms with Crippen molar-refractivity contribution in [3.63, 3.8) is 0 Å². The molecular formula is C9H20ClNO. The smallest absolute Gasteiger partial charge is 0.149 e. The van der Waals surface area contributed by atoms with Crippen LogP contribution in [0.15, 0.2) is 0 Å². The molecule has 0 aliphatic carbocycles. The lowest BCUT2D eigenvalue weighted by Gasteiger charge is -2.32. The van der Waals surface area contributed by atoms with Crippen LogP contribution in [0.25, 0.3) is 0 Å². The van der Waals surface area contributed by atoms with Crippen molar-refractivity contribution in [2.24, 2.45) is 0 Å². The third-order valence-electron chi connectivity index (χ3n) is 1.57. The Balaban J connectivity index is 0. The Morgan fingerprint density at radius 3 is 1.50 bits per heavy atom. The molecule has 0 amide bonds. The number of hydrogen-bond donors (Lipinski definition) is 1. The first-order valence-electron chi connectivity index (χ1n) is 3.95. The van der Waals surface area contributed by atoms with Gasteiger partial charge >= 0.3 is 0 Å². The summed E-state index contributed by atoms with van der Waals surface area (Å²) in [5.74, 6) is 0.174. The number of ketones is 1. The highest BCUT2D eigenvalue weighted by Gasteiger charge is 2.27. The monoisotopic (exact) mass is 193 g/mol. The first-order chi connectivity index (χ1) is 4.65. The molecule has 0 aliphatic rings. The molecule has 2 nitrogen and oxygen atoms in total. The summed E-state index contributed by atoms with van der Waals surface area (Å²) in [6.45, 7) is 11.6. The summed E-state index contributed by atoms with van der Waals surface area (Å²) in [7, 11) is 0. The van der Waals surface area contributed by atoms with Gasteiger partial charge in [-0.15, -0.1) is 12.4 Å². The molecule has 0 heterocycles. The van der Waals surface area contributed by atoms with Gasteiger partial charge in [0.05, 0.1) is 5.54 Å².